The van der Waals surface area contributed by atoms with Crippen LogP contribution in [0.3, 0.4) is 0 Å². The average molecular weight is 141 g/mol. The Balaban J connectivity index is 2.10. The molecule has 0 aromatic heterocycles. The lowest BCUT2D eigenvalue weighted by Gasteiger charge is -2.25. The SMILES string of the molecule is N[C@H]1[C@@H]2CC[C@H](C2)[C@H]1CO. The predicted molar refractivity (Wildman–Crippen MR) is 39.4 cm³/mol. The summed E-state index contributed by atoms with van der Waals surface area (Å²) in [5.74, 6) is 1.92. The molecule has 0 saturated heterocycles. The van der Waals surface area contributed by atoms with Crippen molar-refractivity contribution in [3.05, 3.63) is 0 Å². The van der Waals surface area contributed by atoms with Crippen molar-refractivity contribution < 1.29 is 5.11 Å². The number of aliphatic hydroxyl groups excluding tert-OH is 1. The summed E-state index contributed by atoms with van der Waals surface area (Å²) in [5, 5.41) is 8.98. The highest BCUT2D eigenvalue weighted by molar-refractivity contribution is 4.98. The van der Waals surface area contributed by atoms with E-state index in [1.807, 2.05) is 0 Å². The highest BCUT2D eigenvalue weighted by Gasteiger charge is 2.44. The van der Waals surface area contributed by atoms with E-state index in [1.165, 1.54) is 19.3 Å². The van der Waals surface area contributed by atoms with Crippen LogP contribution in [0.25, 0.3) is 0 Å². The molecule has 2 aliphatic carbocycles. The third kappa shape index (κ3) is 0.722. The van der Waals surface area contributed by atoms with Crippen molar-refractivity contribution in [1.82, 2.24) is 0 Å². The number of aliphatic hydroxyl groups is 1. The largest absolute Gasteiger partial charge is 0.396 e. The molecule has 2 aliphatic rings. The Bertz CT molecular complexity index is 135. The van der Waals surface area contributed by atoms with Gasteiger partial charge in [-0.15, -0.1) is 0 Å². The topological polar surface area (TPSA) is 46.2 Å². The maximum Gasteiger partial charge on any atom is 0.0476 e. The Morgan fingerprint density at radius 2 is 2.00 bits per heavy atom. The molecule has 0 aromatic rings. The van der Waals surface area contributed by atoms with Crippen LogP contribution >= 0.6 is 0 Å². The smallest absolute Gasteiger partial charge is 0.0476 e. The first-order valence-corrected chi connectivity index (χ1v) is 4.19. The summed E-state index contributed by atoms with van der Waals surface area (Å²) in [4.78, 5) is 0. The van der Waals surface area contributed by atoms with Crippen molar-refractivity contribution >= 4 is 0 Å². The summed E-state index contributed by atoms with van der Waals surface area (Å²) in [5.41, 5.74) is 5.91. The van der Waals surface area contributed by atoms with Crippen molar-refractivity contribution in [2.24, 2.45) is 23.5 Å². The van der Waals surface area contributed by atoms with Crippen molar-refractivity contribution in [2.45, 2.75) is 25.3 Å². The molecule has 0 radical (unpaired) electrons. The lowest BCUT2D eigenvalue weighted by Crippen LogP contribution is -2.37. The average Bonchev–Trinajstić information content (AvgIpc) is 2.46. The Morgan fingerprint density at radius 3 is 2.40 bits per heavy atom. The van der Waals surface area contributed by atoms with Gasteiger partial charge in [0.1, 0.15) is 0 Å². The standard InChI is InChI=1S/C8H15NO/c9-8-6-2-1-5(3-6)7(8)4-10/h5-8,10H,1-4,9H2/t5-,6-,7-,8+/m1/s1. The van der Waals surface area contributed by atoms with Gasteiger partial charge in [-0.2, -0.15) is 0 Å². The molecular weight excluding hydrogens is 126 g/mol. The second-order valence-electron chi connectivity index (χ2n) is 3.76. The lowest BCUT2D eigenvalue weighted by molar-refractivity contribution is 0.159. The fourth-order valence-corrected chi connectivity index (χ4v) is 2.73. The summed E-state index contributed by atoms with van der Waals surface area (Å²) < 4.78 is 0. The zero-order chi connectivity index (χ0) is 7.14. The molecule has 0 amide bonds. The van der Waals surface area contributed by atoms with E-state index >= 15 is 0 Å². The summed E-state index contributed by atoms with van der Waals surface area (Å²) in [6.07, 6.45) is 3.90. The van der Waals surface area contributed by atoms with E-state index in [9.17, 15) is 0 Å². The Morgan fingerprint density at radius 1 is 1.30 bits per heavy atom. The molecule has 58 valence electrons. The van der Waals surface area contributed by atoms with Crippen LogP contribution in [0.2, 0.25) is 0 Å². The zero-order valence-electron chi connectivity index (χ0n) is 6.16. The first kappa shape index (κ1) is 6.62. The van der Waals surface area contributed by atoms with Gasteiger partial charge in [0.2, 0.25) is 0 Å². The molecule has 2 fully saturated rings. The molecule has 0 aliphatic heterocycles. The van der Waals surface area contributed by atoms with Crippen molar-refractivity contribution in [2.75, 3.05) is 6.61 Å². The van der Waals surface area contributed by atoms with Crippen LogP contribution in [0.4, 0.5) is 0 Å². The second-order valence-corrected chi connectivity index (χ2v) is 3.76. The van der Waals surface area contributed by atoms with Crippen LogP contribution in [-0.4, -0.2) is 17.8 Å². The quantitative estimate of drug-likeness (QED) is 0.553. The minimum Gasteiger partial charge on any atom is -0.396 e. The summed E-state index contributed by atoms with van der Waals surface area (Å²) in [6.45, 7) is 0.308. The summed E-state index contributed by atoms with van der Waals surface area (Å²) in [7, 11) is 0. The van der Waals surface area contributed by atoms with E-state index in [1.54, 1.807) is 0 Å². The highest BCUT2D eigenvalue weighted by atomic mass is 16.3. The van der Waals surface area contributed by atoms with E-state index in [0.717, 1.165) is 11.8 Å². The van der Waals surface area contributed by atoms with Gasteiger partial charge in [-0.05, 0) is 31.1 Å². The van der Waals surface area contributed by atoms with Crippen molar-refractivity contribution in [3.63, 3.8) is 0 Å². The van der Waals surface area contributed by atoms with Crippen LogP contribution in [0.5, 0.6) is 0 Å². The first-order valence-electron chi connectivity index (χ1n) is 4.19. The first-order chi connectivity index (χ1) is 4.83. The maximum absolute atomic E-state index is 8.98. The van der Waals surface area contributed by atoms with Gasteiger partial charge in [0.25, 0.3) is 0 Å². The molecule has 0 spiro atoms. The molecular formula is C8H15NO. The van der Waals surface area contributed by atoms with Gasteiger partial charge in [-0.1, -0.05) is 0 Å². The minimum atomic E-state index is 0.308. The molecule has 2 saturated carbocycles. The normalized spacial score (nSPS) is 52.2. The molecule has 2 rings (SSSR count). The molecule has 3 N–H and O–H groups in total. The van der Waals surface area contributed by atoms with E-state index in [0.29, 0.717) is 18.6 Å². The van der Waals surface area contributed by atoms with Gasteiger partial charge in [0.15, 0.2) is 0 Å². The second kappa shape index (κ2) is 2.21. The molecule has 10 heavy (non-hydrogen) atoms. The van der Waals surface area contributed by atoms with Gasteiger partial charge < -0.3 is 10.8 Å². The molecule has 0 heterocycles. The van der Waals surface area contributed by atoms with Crippen LogP contribution < -0.4 is 5.73 Å². The van der Waals surface area contributed by atoms with E-state index < -0.39 is 0 Å². The number of rotatable bonds is 1. The maximum atomic E-state index is 8.98. The van der Waals surface area contributed by atoms with Gasteiger partial charge >= 0.3 is 0 Å². The van der Waals surface area contributed by atoms with Crippen LogP contribution in [0.15, 0.2) is 0 Å². The molecule has 2 bridgehead atoms. The summed E-state index contributed by atoms with van der Waals surface area (Å²) >= 11 is 0. The van der Waals surface area contributed by atoms with Crippen LogP contribution in [0.1, 0.15) is 19.3 Å². The fraction of sp³-hybridized carbons (Fsp3) is 1.00. The molecule has 2 heteroatoms. The third-order valence-corrected chi connectivity index (χ3v) is 3.37. The van der Waals surface area contributed by atoms with Gasteiger partial charge in [0.05, 0.1) is 0 Å². The molecule has 4 atom stereocenters. The van der Waals surface area contributed by atoms with Crippen LogP contribution in [-0.2, 0) is 0 Å². The third-order valence-electron chi connectivity index (χ3n) is 3.37. The molecule has 2 nitrogen and oxygen atoms in total. The molecule has 0 aromatic carbocycles. The van der Waals surface area contributed by atoms with Gasteiger partial charge in [-0.3, -0.25) is 0 Å². The fourth-order valence-electron chi connectivity index (χ4n) is 2.73. The monoisotopic (exact) mass is 141 g/mol. The predicted octanol–water partition coefficient (Wildman–Crippen LogP) is 0.352. The molecule has 0 unspecified atom stereocenters. The minimum absolute atomic E-state index is 0.308. The van der Waals surface area contributed by atoms with Crippen molar-refractivity contribution in [1.29, 1.82) is 0 Å². The lowest BCUT2D eigenvalue weighted by atomic mass is 9.86. The zero-order valence-corrected chi connectivity index (χ0v) is 6.16. The van der Waals surface area contributed by atoms with Crippen molar-refractivity contribution in [3.8, 4) is 0 Å². The van der Waals surface area contributed by atoms with Crippen LogP contribution in [0, 0.1) is 17.8 Å². The van der Waals surface area contributed by atoms with Gasteiger partial charge in [-0.25, -0.2) is 0 Å². The van der Waals surface area contributed by atoms with E-state index in [2.05, 4.69) is 0 Å². The Labute approximate surface area is 61.4 Å². The number of hydrogen-bond donors (Lipinski definition) is 2. The number of hydrogen-bond acceptors (Lipinski definition) is 2. The van der Waals surface area contributed by atoms with Gasteiger partial charge in [0, 0.05) is 18.6 Å². The Kier molecular flexibility index (Phi) is 1.46. The summed E-state index contributed by atoms with van der Waals surface area (Å²) in [6, 6.07) is 0.309. The van der Waals surface area contributed by atoms with E-state index in [4.69, 9.17) is 10.8 Å². The Hall–Kier alpha value is -0.0800. The number of fused-ring (bicyclic) bond motifs is 2. The number of nitrogens with two attached hydrogens (primary N) is 1. The highest BCUT2D eigenvalue weighted by Crippen LogP contribution is 2.47. The van der Waals surface area contributed by atoms with E-state index in [-0.39, 0.29) is 0 Å².